The highest BCUT2D eigenvalue weighted by atomic mass is 16.5. The molecule has 0 fully saturated rings. The predicted molar refractivity (Wildman–Crippen MR) is 182 cm³/mol. The molecule has 0 N–H and O–H groups in total. The normalized spacial score (nSPS) is 11.5. The molecule has 5 heteroatoms. The van der Waals surface area contributed by atoms with Gasteiger partial charge >= 0.3 is 0 Å². The predicted octanol–water partition coefficient (Wildman–Crippen LogP) is 10.1. The van der Waals surface area contributed by atoms with Gasteiger partial charge in [-0.1, -0.05) is 112 Å². The molecular formula is C39H38N4O. The largest absolute Gasteiger partial charge is 0.476 e. The maximum absolute atomic E-state index is 6.20. The summed E-state index contributed by atoms with van der Waals surface area (Å²) in [6, 6.07) is 33.1. The zero-order valence-corrected chi connectivity index (χ0v) is 25.5. The van der Waals surface area contributed by atoms with E-state index in [1.54, 1.807) is 0 Å². The van der Waals surface area contributed by atoms with Gasteiger partial charge in [-0.25, -0.2) is 19.9 Å². The Morgan fingerprint density at radius 3 is 1.73 bits per heavy atom. The molecule has 2 heterocycles. The summed E-state index contributed by atoms with van der Waals surface area (Å²) in [7, 11) is 0. The van der Waals surface area contributed by atoms with Crippen LogP contribution >= 0.6 is 0 Å². The minimum absolute atomic E-state index is 0.554. The summed E-state index contributed by atoms with van der Waals surface area (Å²) in [5.41, 5.74) is 10.3. The highest BCUT2D eigenvalue weighted by molar-refractivity contribution is 5.93. The van der Waals surface area contributed by atoms with Crippen molar-refractivity contribution in [2.75, 3.05) is 6.61 Å². The highest BCUT2D eigenvalue weighted by Gasteiger charge is 2.13. The van der Waals surface area contributed by atoms with Gasteiger partial charge in [0.15, 0.2) is 0 Å². The van der Waals surface area contributed by atoms with E-state index in [2.05, 4.69) is 67.6 Å². The van der Waals surface area contributed by atoms with Crippen LogP contribution in [-0.4, -0.2) is 26.5 Å². The standard InChI is InChI=1S/C39H38N4O/c1-3-4-5-6-7-16-25-44-39-36(42-34-21-14-15-22-35(34)43-39)24-23-33-28(2)40-37-26-31(29-17-10-8-11-18-29)32(27-38(37)41-33)30-19-12-9-13-20-30/h8-15,17-24,26-27H,3-7,16,25H2,1-2H3/b24-23+. The van der Waals surface area contributed by atoms with E-state index in [1.807, 2.05) is 55.5 Å². The first-order valence-corrected chi connectivity index (χ1v) is 15.7. The number of nitrogens with zero attached hydrogens (tertiary/aromatic N) is 4. The van der Waals surface area contributed by atoms with Crippen LogP contribution in [0.5, 0.6) is 5.88 Å². The quantitative estimate of drug-likeness (QED) is 0.135. The minimum atomic E-state index is 0.554. The van der Waals surface area contributed by atoms with Crippen molar-refractivity contribution in [3.63, 3.8) is 0 Å². The molecule has 0 unspecified atom stereocenters. The number of ether oxygens (including phenoxy) is 1. The number of aryl methyl sites for hydroxylation is 1. The second-order valence-electron chi connectivity index (χ2n) is 11.2. The lowest BCUT2D eigenvalue weighted by atomic mass is 9.93. The van der Waals surface area contributed by atoms with Crippen LogP contribution < -0.4 is 4.74 Å². The van der Waals surface area contributed by atoms with E-state index in [-0.39, 0.29) is 0 Å². The molecule has 0 bridgehead atoms. The van der Waals surface area contributed by atoms with Crippen molar-refractivity contribution in [3.05, 3.63) is 114 Å². The zero-order valence-electron chi connectivity index (χ0n) is 25.5. The highest BCUT2D eigenvalue weighted by Crippen LogP contribution is 2.35. The van der Waals surface area contributed by atoms with Crippen molar-refractivity contribution < 1.29 is 4.74 Å². The molecule has 6 aromatic rings. The summed E-state index contributed by atoms with van der Waals surface area (Å²) in [5, 5.41) is 0. The van der Waals surface area contributed by atoms with Crippen LogP contribution in [-0.2, 0) is 0 Å². The molecule has 6 rings (SSSR count). The van der Waals surface area contributed by atoms with Crippen LogP contribution in [0.2, 0.25) is 0 Å². The number of benzene rings is 4. The lowest BCUT2D eigenvalue weighted by Crippen LogP contribution is -2.03. The molecule has 220 valence electrons. The van der Waals surface area contributed by atoms with Crippen LogP contribution in [0, 0.1) is 6.92 Å². The molecule has 0 aliphatic rings. The third-order valence-corrected chi connectivity index (χ3v) is 7.88. The second kappa shape index (κ2) is 14.0. The molecule has 0 aliphatic carbocycles. The Kier molecular flexibility index (Phi) is 9.32. The van der Waals surface area contributed by atoms with E-state index < -0.39 is 0 Å². The number of para-hydroxylation sites is 2. The molecular weight excluding hydrogens is 540 g/mol. The number of rotatable bonds is 12. The van der Waals surface area contributed by atoms with E-state index in [0.29, 0.717) is 18.2 Å². The Bertz CT molecular complexity index is 1880. The number of hydrogen-bond acceptors (Lipinski definition) is 5. The van der Waals surface area contributed by atoms with Crippen LogP contribution in [0.4, 0.5) is 0 Å². The van der Waals surface area contributed by atoms with Crippen molar-refractivity contribution in [3.8, 4) is 28.1 Å². The summed E-state index contributed by atoms with van der Waals surface area (Å²) in [5.74, 6) is 0.554. The van der Waals surface area contributed by atoms with E-state index in [1.165, 1.54) is 25.7 Å². The summed E-state index contributed by atoms with van der Waals surface area (Å²) >= 11 is 0. The summed E-state index contributed by atoms with van der Waals surface area (Å²) < 4.78 is 6.20. The van der Waals surface area contributed by atoms with Crippen LogP contribution in [0.15, 0.2) is 97.1 Å². The smallest absolute Gasteiger partial charge is 0.240 e. The van der Waals surface area contributed by atoms with Crippen LogP contribution in [0.3, 0.4) is 0 Å². The summed E-state index contributed by atoms with van der Waals surface area (Å²) in [4.78, 5) is 19.8. The van der Waals surface area contributed by atoms with Gasteiger partial charge < -0.3 is 4.74 Å². The SMILES string of the molecule is CCCCCCCCOc1nc2ccccc2nc1/C=C/c1nc2cc(-c3ccccc3)c(-c3ccccc3)cc2nc1C. The molecule has 0 amide bonds. The number of unbranched alkanes of at least 4 members (excludes halogenated alkanes) is 5. The molecule has 4 aromatic carbocycles. The van der Waals surface area contributed by atoms with Gasteiger partial charge in [-0.2, -0.15) is 0 Å². The maximum atomic E-state index is 6.20. The molecule has 44 heavy (non-hydrogen) atoms. The van der Waals surface area contributed by atoms with E-state index in [9.17, 15) is 0 Å². The van der Waals surface area contributed by atoms with Gasteiger partial charge in [0, 0.05) is 0 Å². The molecule has 0 aliphatic heterocycles. The first-order valence-electron chi connectivity index (χ1n) is 15.7. The monoisotopic (exact) mass is 578 g/mol. The number of hydrogen-bond donors (Lipinski definition) is 0. The summed E-state index contributed by atoms with van der Waals surface area (Å²) in [6.45, 7) is 4.87. The van der Waals surface area contributed by atoms with Crippen molar-refractivity contribution in [1.29, 1.82) is 0 Å². The molecule has 5 nitrogen and oxygen atoms in total. The van der Waals surface area contributed by atoms with Gasteiger partial charge in [-0.15, -0.1) is 0 Å². The fourth-order valence-corrected chi connectivity index (χ4v) is 5.50. The molecule has 0 spiro atoms. The first-order chi connectivity index (χ1) is 21.7. The Balaban J connectivity index is 1.33. The molecule has 0 radical (unpaired) electrons. The minimum Gasteiger partial charge on any atom is -0.476 e. The van der Waals surface area contributed by atoms with Crippen LogP contribution in [0.1, 0.15) is 62.5 Å². The fourth-order valence-electron chi connectivity index (χ4n) is 5.50. The number of fused-ring (bicyclic) bond motifs is 2. The van der Waals surface area contributed by atoms with Crippen molar-refractivity contribution in [2.24, 2.45) is 0 Å². The Morgan fingerprint density at radius 1 is 0.545 bits per heavy atom. The lowest BCUT2D eigenvalue weighted by molar-refractivity contribution is 0.292. The fraction of sp³-hybridized carbons (Fsp3) is 0.231. The van der Waals surface area contributed by atoms with E-state index in [0.717, 1.165) is 68.6 Å². The number of aromatic nitrogens is 4. The van der Waals surface area contributed by atoms with Crippen molar-refractivity contribution >= 4 is 34.2 Å². The average Bonchev–Trinajstić information content (AvgIpc) is 3.07. The van der Waals surface area contributed by atoms with Gasteiger partial charge in [0.2, 0.25) is 5.88 Å². The third kappa shape index (κ3) is 6.84. The Hall–Kier alpha value is -4.90. The van der Waals surface area contributed by atoms with E-state index >= 15 is 0 Å². The Labute approximate surface area is 259 Å². The second-order valence-corrected chi connectivity index (χ2v) is 11.2. The van der Waals surface area contributed by atoms with Gasteiger partial charge in [0.1, 0.15) is 5.69 Å². The topological polar surface area (TPSA) is 60.8 Å². The average molecular weight is 579 g/mol. The summed E-state index contributed by atoms with van der Waals surface area (Å²) in [6.07, 6.45) is 11.2. The van der Waals surface area contributed by atoms with Gasteiger partial charge in [-0.3, -0.25) is 0 Å². The van der Waals surface area contributed by atoms with Gasteiger partial charge in [0.05, 0.1) is 40.1 Å². The van der Waals surface area contributed by atoms with Crippen molar-refractivity contribution in [2.45, 2.75) is 52.4 Å². The zero-order chi connectivity index (χ0) is 30.1. The van der Waals surface area contributed by atoms with Crippen molar-refractivity contribution in [1.82, 2.24) is 19.9 Å². The molecule has 2 aromatic heterocycles. The molecule has 0 atom stereocenters. The van der Waals surface area contributed by atoms with Gasteiger partial charge in [-0.05, 0) is 72.0 Å². The lowest BCUT2D eigenvalue weighted by Gasteiger charge is -2.13. The van der Waals surface area contributed by atoms with Crippen LogP contribution in [0.25, 0.3) is 56.5 Å². The molecule has 0 saturated carbocycles. The van der Waals surface area contributed by atoms with E-state index in [4.69, 9.17) is 24.7 Å². The van der Waals surface area contributed by atoms with Gasteiger partial charge in [0.25, 0.3) is 0 Å². The third-order valence-electron chi connectivity index (χ3n) is 7.88. The Morgan fingerprint density at radius 2 is 1.07 bits per heavy atom. The maximum Gasteiger partial charge on any atom is 0.240 e. The first kappa shape index (κ1) is 29.2. The molecule has 0 saturated heterocycles.